The molecule has 0 radical (unpaired) electrons. The fraction of sp³-hybridized carbons (Fsp3) is 0.348. The van der Waals surface area contributed by atoms with Crippen LogP contribution in [-0.4, -0.2) is 36.8 Å². The highest BCUT2D eigenvalue weighted by Crippen LogP contribution is 2.31. The van der Waals surface area contributed by atoms with E-state index in [1.165, 1.54) is 5.56 Å². The summed E-state index contributed by atoms with van der Waals surface area (Å²) in [6, 6.07) is 16.3. The molecule has 2 aromatic carbocycles. The Bertz CT molecular complexity index is 1010. The maximum Gasteiger partial charge on any atom is 0.258 e. The summed E-state index contributed by atoms with van der Waals surface area (Å²) in [5, 5.41) is 1.54. The average Bonchev–Trinajstić information content (AvgIpc) is 2.74. The van der Waals surface area contributed by atoms with Crippen LogP contribution in [0.4, 0.5) is 0 Å². The number of ether oxygens (including phenoxy) is 2. The quantitative estimate of drug-likeness (QED) is 0.676. The van der Waals surface area contributed by atoms with Gasteiger partial charge in [0.15, 0.2) is 11.5 Å². The van der Waals surface area contributed by atoms with Gasteiger partial charge < -0.3 is 14.0 Å². The summed E-state index contributed by atoms with van der Waals surface area (Å²) in [4.78, 5) is 15.6. The monoisotopic (exact) mass is 378 g/mol. The number of likely N-dealkylation sites (tertiary alicyclic amines) is 1. The van der Waals surface area contributed by atoms with Crippen molar-refractivity contribution in [2.75, 3.05) is 27.3 Å². The van der Waals surface area contributed by atoms with Crippen molar-refractivity contribution in [1.29, 1.82) is 0 Å². The van der Waals surface area contributed by atoms with E-state index in [9.17, 15) is 4.79 Å². The number of hydrogen-bond donors (Lipinski definition) is 0. The van der Waals surface area contributed by atoms with Crippen LogP contribution in [0.2, 0.25) is 0 Å². The SMILES string of the molecule is COc1cc2ccn(C3CCCN(Cc4ccccc4)C3)c(=O)c2cc1OC. The Labute approximate surface area is 165 Å². The Kier molecular flexibility index (Phi) is 5.35. The van der Waals surface area contributed by atoms with Crippen LogP contribution in [-0.2, 0) is 6.54 Å². The molecule has 1 aromatic heterocycles. The van der Waals surface area contributed by atoms with Crippen molar-refractivity contribution in [2.24, 2.45) is 0 Å². The third kappa shape index (κ3) is 3.62. The fourth-order valence-electron chi connectivity index (χ4n) is 4.12. The number of pyridine rings is 1. The number of piperidine rings is 1. The fourth-order valence-corrected chi connectivity index (χ4v) is 4.12. The number of benzene rings is 2. The van der Waals surface area contributed by atoms with Gasteiger partial charge in [0, 0.05) is 25.3 Å². The van der Waals surface area contributed by atoms with Gasteiger partial charge in [0.05, 0.1) is 19.6 Å². The van der Waals surface area contributed by atoms with E-state index in [1.807, 2.05) is 29.0 Å². The summed E-state index contributed by atoms with van der Waals surface area (Å²) < 4.78 is 12.6. The average molecular weight is 378 g/mol. The molecule has 0 N–H and O–H groups in total. The Morgan fingerprint density at radius 1 is 1.04 bits per heavy atom. The first-order valence-corrected chi connectivity index (χ1v) is 9.72. The standard InChI is InChI=1S/C23H26N2O3/c1-27-21-13-18-10-12-25(23(26)20(18)14-22(21)28-2)19-9-6-11-24(16-19)15-17-7-4-3-5-8-17/h3-5,7-8,10,12-14,19H,6,9,11,15-16H2,1-2H3. The minimum atomic E-state index is 0.0324. The number of fused-ring (bicyclic) bond motifs is 1. The maximum atomic E-state index is 13.2. The molecule has 1 saturated heterocycles. The lowest BCUT2D eigenvalue weighted by Crippen LogP contribution is -2.39. The number of methoxy groups -OCH3 is 2. The predicted octanol–water partition coefficient (Wildman–Crippen LogP) is 3.86. The molecule has 5 nitrogen and oxygen atoms in total. The molecular formula is C23H26N2O3. The highest BCUT2D eigenvalue weighted by Gasteiger charge is 2.23. The second-order valence-electron chi connectivity index (χ2n) is 7.34. The van der Waals surface area contributed by atoms with Crippen LogP contribution in [0.1, 0.15) is 24.4 Å². The van der Waals surface area contributed by atoms with Crippen molar-refractivity contribution in [2.45, 2.75) is 25.4 Å². The first kappa shape index (κ1) is 18.6. The zero-order valence-corrected chi connectivity index (χ0v) is 16.4. The molecule has 0 spiro atoms. The molecule has 2 heterocycles. The predicted molar refractivity (Wildman–Crippen MR) is 111 cm³/mol. The number of rotatable bonds is 5. The van der Waals surface area contributed by atoms with Crippen LogP contribution in [0.15, 0.2) is 59.5 Å². The largest absolute Gasteiger partial charge is 0.493 e. The molecule has 146 valence electrons. The van der Waals surface area contributed by atoms with E-state index in [2.05, 4.69) is 29.2 Å². The van der Waals surface area contributed by atoms with Crippen molar-refractivity contribution in [1.82, 2.24) is 9.47 Å². The summed E-state index contributed by atoms with van der Waals surface area (Å²) in [5.74, 6) is 1.22. The Balaban J connectivity index is 1.62. The van der Waals surface area contributed by atoms with Gasteiger partial charge in [-0.25, -0.2) is 0 Å². The number of nitrogens with zero attached hydrogens (tertiary/aromatic N) is 2. The van der Waals surface area contributed by atoms with Crippen LogP contribution < -0.4 is 15.0 Å². The van der Waals surface area contributed by atoms with Gasteiger partial charge in [-0.3, -0.25) is 9.69 Å². The van der Waals surface area contributed by atoms with E-state index in [-0.39, 0.29) is 11.6 Å². The Morgan fingerprint density at radius 3 is 2.54 bits per heavy atom. The number of aromatic nitrogens is 1. The molecule has 1 atom stereocenters. The molecule has 1 fully saturated rings. The summed E-state index contributed by atoms with van der Waals surface area (Å²) in [7, 11) is 3.20. The second-order valence-corrected chi connectivity index (χ2v) is 7.34. The normalized spacial score (nSPS) is 17.6. The Morgan fingerprint density at radius 2 is 1.79 bits per heavy atom. The van der Waals surface area contributed by atoms with Crippen LogP contribution in [0.5, 0.6) is 11.5 Å². The molecule has 1 aliphatic heterocycles. The van der Waals surface area contributed by atoms with Crippen LogP contribution in [0, 0.1) is 0 Å². The molecule has 28 heavy (non-hydrogen) atoms. The van der Waals surface area contributed by atoms with E-state index in [4.69, 9.17) is 9.47 Å². The molecule has 0 bridgehead atoms. The van der Waals surface area contributed by atoms with Crippen LogP contribution >= 0.6 is 0 Å². The molecule has 1 unspecified atom stereocenters. The van der Waals surface area contributed by atoms with Gasteiger partial charge in [0.1, 0.15) is 0 Å². The van der Waals surface area contributed by atoms with Gasteiger partial charge in [-0.15, -0.1) is 0 Å². The minimum absolute atomic E-state index is 0.0324. The highest BCUT2D eigenvalue weighted by molar-refractivity contribution is 5.85. The van der Waals surface area contributed by atoms with Crippen molar-refractivity contribution in [3.8, 4) is 11.5 Å². The zero-order valence-electron chi connectivity index (χ0n) is 16.4. The van der Waals surface area contributed by atoms with Gasteiger partial charge in [0.25, 0.3) is 5.56 Å². The van der Waals surface area contributed by atoms with Gasteiger partial charge in [-0.1, -0.05) is 30.3 Å². The van der Waals surface area contributed by atoms with Crippen molar-refractivity contribution in [3.63, 3.8) is 0 Å². The highest BCUT2D eigenvalue weighted by atomic mass is 16.5. The summed E-state index contributed by atoms with van der Waals surface area (Å²) in [5.41, 5.74) is 1.34. The van der Waals surface area contributed by atoms with Crippen LogP contribution in [0.25, 0.3) is 10.8 Å². The molecule has 0 aliphatic carbocycles. The second kappa shape index (κ2) is 8.07. The molecule has 0 amide bonds. The van der Waals surface area contributed by atoms with Crippen molar-refractivity contribution < 1.29 is 9.47 Å². The third-order valence-electron chi connectivity index (χ3n) is 5.56. The molecule has 0 saturated carbocycles. The lowest BCUT2D eigenvalue weighted by atomic mass is 10.0. The summed E-state index contributed by atoms with van der Waals surface area (Å²) >= 11 is 0. The molecular weight excluding hydrogens is 352 g/mol. The Hall–Kier alpha value is -2.79. The van der Waals surface area contributed by atoms with E-state index < -0.39 is 0 Å². The molecule has 1 aliphatic rings. The van der Waals surface area contributed by atoms with E-state index in [0.29, 0.717) is 16.9 Å². The molecule has 5 heteroatoms. The summed E-state index contributed by atoms with van der Waals surface area (Å²) in [6.07, 6.45) is 4.03. The lowest BCUT2D eigenvalue weighted by molar-refractivity contribution is 0.168. The topological polar surface area (TPSA) is 43.7 Å². The van der Waals surface area contributed by atoms with Gasteiger partial charge >= 0.3 is 0 Å². The van der Waals surface area contributed by atoms with Gasteiger partial charge in [0.2, 0.25) is 0 Å². The van der Waals surface area contributed by atoms with Gasteiger partial charge in [-0.2, -0.15) is 0 Å². The van der Waals surface area contributed by atoms with Crippen LogP contribution in [0.3, 0.4) is 0 Å². The molecule has 4 rings (SSSR count). The van der Waals surface area contributed by atoms with E-state index in [1.54, 1.807) is 20.3 Å². The summed E-state index contributed by atoms with van der Waals surface area (Å²) in [6.45, 7) is 2.87. The maximum absolute atomic E-state index is 13.2. The number of hydrogen-bond acceptors (Lipinski definition) is 4. The first-order valence-electron chi connectivity index (χ1n) is 9.72. The smallest absolute Gasteiger partial charge is 0.258 e. The third-order valence-corrected chi connectivity index (χ3v) is 5.56. The van der Waals surface area contributed by atoms with Crippen molar-refractivity contribution >= 4 is 10.8 Å². The minimum Gasteiger partial charge on any atom is -0.493 e. The first-order chi connectivity index (χ1) is 13.7. The zero-order chi connectivity index (χ0) is 19.5. The van der Waals surface area contributed by atoms with Gasteiger partial charge in [-0.05, 0) is 48.5 Å². The lowest BCUT2D eigenvalue weighted by Gasteiger charge is -2.33. The van der Waals surface area contributed by atoms with E-state index >= 15 is 0 Å². The van der Waals surface area contributed by atoms with Crippen molar-refractivity contribution in [3.05, 3.63) is 70.6 Å². The van der Waals surface area contributed by atoms with E-state index in [0.717, 1.165) is 37.9 Å². The molecule has 3 aromatic rings.